The molecule has 0 bridgehead atoms. The molecule has 37 heavy (non-hydrogen) atoms. The highest BCUT2D eigenvalue weighted by Gasteiger charge is 2.36. The Bertz CT molecular complexity index is 1330. The number of aromatic nitrogens is 2. The molecule has 1 N–H and O–H groups in total. The van der Waals surface area contributed by atoms with E-state index in [4.69, 9.17) is 26.7 Å². The standard InChI is InChI=1S/C24H27N5O6S2/c1-3-35-19(30)14-16-21(31)25-8-11-27(16)20-15(22(32)28-9-5-4-7-18(28)26-20)13-17-23(33)29(24(36)37-17)10-6-12-34-2/h4-5,7,9,13,16H,3,6,8,10-12,14H2,1-2H3,(H,25,31)/b17-13-/t16-/m1/s1. The number of esters is 1. The number of amides is 2. The number of thiocarbonyl (C=S) groups is 1. The predicted molar refractivity (Wildman–Crippen MR) is 143 cm³/mol. The Morgan fingerprint density at radius 2 is 2.14 bits per heavy atom. The Morgan fingerprint density at radius 3 is 2.89 bits per heavy atom. The Kier molecular flexibility index (Phi) is 8.56. The number of hydrogen-bond donors (Lipinski definition) is 1. The number of piperazine rings is 1. The normalized spacial score (nSPS) is 19.1. The molecule has 2 aromatic rings. The van der Waals surface area contributed by atoms with Crippen LogP contribution in [0.3, 0.4) is 0 Å². The van der Waals surface area contributed by atoms with Gasteiger partial charge in [-0.2, -0.15) is 0 Å². The van der Waals surface area contributed by atoms with Crippen molar-refractivity contribution in [1.29, 1.82) is 0 Å². The van der Waals surface area contributed by atoms with E-state index in [0.717, 1.165) is 11.8 Å². The number of fused-ring (bicyclic) bond motifs is 1. The second-order valence-corrected chi connectivity index (χ2v) is 9.95. The van der Waals surface area contributed by atoms with E-state index in [9.17, 15) is 19.2 Å². The maximum Gasteiger partial charge on any atom is 0.308 e. The first-order chi connectivity index (χ1) is 17.8. The Hall–Kier alpha value is -3.29. The van der Waals surface area contributed by atoms with Gasteiger partial charge in [0.05, 0.1) is 23.5 Å². The van der Waals surface area contributed by atoms with Crippen LogP contribution in [-0.2, 0) is 23.9 Å². The summed E-state index contributed by atoms with van der Waals surface area (Å²) in [6.07, 6.45) is 3.46. The highest BCUT2D eigenvalue weighted by atomic mass is 32.2. The third kappa shape index (κ3) is 5.68. The summed E-state index contributed by atoms with van der Waals surface area (Å²) in [4.78, 5) is 60.0. The lowest BCUT2D eigenvalue weighted by atomic mass is 10.1. The fourth-order valence-electron chi connectivity index (χ4n) is 4.18. The van der Waals surface area contributed by atoms with E-state index < -0.39 is 17.6 Å². The van der Waals surface area contributed by atoms with Crippen LogP contribution in [0.4, 0.5) is 5.82 Å². The predicted octanol–water partition coefficient (Wildman–Crippen LogP) is 1.19. The molecule has 2 saturated heterocycles. The van der Waals surface area contributed by atoms with Crippen molar-refractivity contribution < 1.29 is 23.9 Å². The van der Waals surface area contributed by atoms with Gasteiger partial charge < -0.3 is 19.7 Å². The molecule has 4 rings (SSSR count). The topological polar surface area (TPSA) is 123 Å². The second kappa shape index (κ2) is 11.8. The maximum absolute atomic E-state index is 13.6. The van der Waals surface area contributed by atoms with E-state index in [1.807, 2.05) is 0 Å². The van der Waals surface area contributed by atoms with E-state index in [2.05, 4.69) is 5.32 Å². The van der Waals surface area contributed by atoms with Gasteiger partial charge in [0.1, 0.15) is 21.8 Å². The largest absolute Gasteiger partial charge is 0.466 e. The Morgan fingerprint density at radius 1 is 1.32 bits per heavy atom. The van der Waals surface area contributed by atoms with E-state index in [1.165, 1.54) is 15.4 Å². The minimum atomic E-state index is -0.929. The Balaban J connectivity index is 1.80. The SMILES string of the molecule is CCOC(=O)C[C@@H]1C(=O)NCCN1c1nc2ccccn2c(=O)c1/C=C1\SC(=S)N(CCCOC)C1=O. The van der Waals surface area contributed by atoms with Crippen LogP contribution >= 0.6 is 24.0 Å². The van der Waals surface area contributed by atoms with E-state index in [-0.39, 0.29) is 41.1 Å². The van der Waals surface area contributed by atoms with Gasteiger partial charge in [-0.05, 0) is 31.6 Å². The fraction of sp³-hybridized carbons (Fsp3) is 0.417. The van der Waals surface area contributed by atoms with Crippen molar-refractivity contribution in [3.05, 3.63) is 45.2 Å². The van der Waals surface area contributed by atoms with E-state index in [0.29, 0.717) is 42.6 Å². The minimum Gasteiger partial charge on any atom is -0.466 e. The lowest BCUT2D eigenvalue weighted by molar-refractivity contribution is -0.145. The van der Waals surface area contributed by atoms with Crippen molar-refractivity contribution in [3.8, 4) is 0 Å². The van der Waals surface area contributed by atoms with E-state index >= 15 is 0 Å². The monoisotopic (exact) mass is 545 g/mol. The van der Waals surface area contributed by atoms with E-state index in [1.54, 1.807) is 43.3 Å². The van der Waals surface area contributed by atoms with Crippen molar-refractivity contribution in [2.45, 2.75) is 25.8 Å². The molecule has 0 spiro atoms. The summed E-state index contributed by atoms with van der Waals surface area (Å²) in [6.45, 7) is 3.35. The summed E-state index contributed by atoms with van der Waals surface area (Å²) in [5.41, 5.74) is 0.0865. The summed E-state index contributed by atoms with van der Waals surface area (Å²) in [6, 6.07) is 4.19. The summed E-state index contributed by atoms with van der Waals surface area (Å²) >= 11 is 6.51. The number of hydrogen-bond acceptors (Lipinski definition) is 10. The number of rotatable bonds is 9. The van der Waals surface area contributed by atoms with Crippen LogP contribution in [0.15, 0.2) is 34.1 Å². The molecule has 2 aliphatic heterocycles. The zero-order valence-electron chi connectivity index (χ0n) is 20.5. The van der Waals surface area contributed by atoms with Gasteiger partial charge in [-0.3, -0.25) is 28.5 Å². The zero-order valence-corrected chi connectivity index (χ0v) is 22.1. The van der Waals surface area contributed by atoms with Gasteiger partial charge >= 0.3 is 5.97 Å². The Labute approximate surface area is 222 Å². The third-order valence-corrected chi connectivity index (χ3v) is 7.27. The summed E-state index contributed by atoms with van der Waals surface area (Å²) in [5.74, 6) is -1.01. The molecule has 0 saturated carbocycles. The van der Waals surface area contributed by atoms with Crippen LogP contribution in [0.1, 0.15) is 25.3 Å². The smallest absolute Gasteiger partial charge is 0.308 e. The van der Waals surface area contributed by atoms with Crippen molar-refractivity contribution in [3.63, 3.8) is 0 Å². The molecule has 2 fully saturated rings. The van der Waals surface area contributed by atoms with Crippen molar-refractivity contribution in [1.82, 2.24) is 19.6 Å². The van der Waals surface area contributed by atoms with Crippen LogP contribution in [0.5, 0.6) is 0 Å². The van der Waals surface area contributed by atoms with Gasteiger partial charge in [0.25, 0.3) is 11.5 Å². The van der Waals surface area contributed by atoms with Gasteiger partial charge in [-0.1, -0.05) is 30.0 Å². The number of nitrogens with zero attached hydrogens (tertiary/aromatic N) is 4. The van der Waals surface area contributed by atoms with Crippen LogP contribution in [0, 0.1) is 0 Å². The fourth-order valence-corrected chi connectivity index (χ4v) is 5.47. The number of nitrogens with one attached hydrogen (secondary N) is 1. The van der Waals surface area contributed by atoms with Crippen molar-refractivity contribution in [2.24, 2.45) is 0 Å². The molecule has 11 nitrogen and oxygen atoms in total. The summed E-state index contributed by atoms with van der Waals surface area (Å²) < 4.78 is 11.9. The van der Waals surface area contributed by atoms with Crippen LogP contribution in [0.25, 0.3) is 11.7 Å². The van der Waals surface area contributed by atoms with Crippen molar-refractivity contribution >= 4 is 63.6 Å². The summed E-state index contributed by atoms with van der Waals surface area (Å²) in [7, 11) is 1.59. The molecule has 0 unspecified atom stereocenters. The van der Waals surface area contributed by atoms with Crippen molar-refractivity contribution in [2.75, 3.05) is 44.9 Å². The van der Waals surface area contributed by atoms with Crippen LogP contribution < -0.4 is 15.8 Å². The van der Waals surface area contributed by atoms with Gasteiger partial charge in [0, 0.05) is 39.5 Å². The molecule has 0 aliphatic carbocycles. The molecular weight excluding hydrogens is 518 g/mol. The first kappa shape index (κ1) is 26.8. The average molecular weight is 546 g/mol. The first-order valence-electron chi connectivity index (χ1n) is 11.8. The lowest BCUT2D eigenvalue weighted by Crippen LogP contribution is -2.57. The molecule has 0 radical (unpaired) electrons. The number of methoxy groups -OCH3 is 1. The molecule has 0 aromatic carbocycles. The zero-order chi connectivity index (χ0) is 26.5. The molecule has 2 aromatic heterocycles. The van der Waals surface area contributed by atoms with Crippen LogP contribution in [-0.4, -0.2) is 82.4 Å². The first-order valence-corrected chi connectivity index (χ1v) is 13.0. The second-order valence-electron chi connectivity index (χ2n) is 8.27. The molecule has 2 amide bonds. The maximum atomic E-state index is 13.6. The third-order valence-electron chi connectivity index (χ3n) is 5.90. The number of anilines is 1. The number of ether oxygens (including phenoxy) is 2. The number of pyridine rings is 1. The molecule has 196 valence electrons. The quantitative estimate of drug-likeness (QED) is 0.213. The molecule has 13 heteroatoms. The summed E-state index contributed by atoms with van der Waals surface area (Å²) in [5, 5.41) is 2.76. The number of carbonyl (C=O) groups excluding carboxylic acids is 3. The average Bonchev–Trinajstić information content (AvgIpc) is 3.14. The lowest BCUT2D eigenvalue weighted by Gasteiger charge is -2.36. The van der Waals surface area contributed by atoms with Crippen LogP contribution in [0.2, 0.25) is 0 Å². The minimum absolute atomic E-state index is 0.129. The molecule has 2 aliphatic rings. The molecule has 4 heterocycles. The number of thioether (sulfide) groups is 1. The number of carbonyl (C=O) groups is 3. The highest BCUT2D eigenvalue weighted by Crippen LogP contribution is 2.34. The highest BCUT2D eigenvalue weighted by molar-refractivity contribution is 8.26. The molecule has 1 atom stereocenters. The van der Waals surface area contributed by atoms with Gasteiger partial charge in [0.15, 0.2) is 0 Å². The molecular formula is C24H27N5O6S2. The van der Waals surface area contributed by atoms with Gasteiger partial charge in [-0.15, -0.1) is 0 Å². The van der Waals surface area contributed by atoms with Gasteiger partial charge in [-0.25, -0.2) is 4.98 Å². The van der Waals surface area contributed by atoms with Gasteiger partial charge in [0.2, 0.25) is 5.91 Å².